The maximum atomic E-state index is 11.2. The summed E-state index contributed by atoms with van der Waals surface area (Å²) in [6.07, 6.45) is 0. The van der Waals surface area contributed by atoms with Gasteiger partial charge in [-0.2, -0.15) is 0 Å². The Morgan fingerprint density at radius 1 is 1.35 bits per heavy atom. The third kappa shape index (κ3) is 3.88. The van der Waals surface area contributed by atoms with Crippen LogP contribution in [0, 0.1) is 0 Å². The quantitative estimate of drug-likeness (QED) is 0.640. The number of anilines is 2. The average Bonchev–Trinajstić information content (AvgIpc) is 2.18. The van der Waals surface area contributed by atoms with Crippen molar-refractivity contribution in [3.63, 3.8) is 0 Å². The fourth-order valence-electron chi connectivity index (χ4n) is 1.36. The lowest BCUT2D eigenvalue weighted by Crippen LogP contribution is -2.21. The number of nitrogens with one attached hydrogen (secondary N) is 1. The van der Waals surface area contributed by atoms with Gasteiger partial charge in [-0.05, 0) is 26.2 Å². The zero-order valence-corrected chi connectivity index (χ0v) is 10.8. The third-order valence-corrected chi connectivity index (χ3v) is 3.22. The fourth-order valence-corrected chi connectivity index (χ4v) is 2.05. The van der Waals surface area contributed by atoms with E-state index in [1.807, 2.05) is 19.0 Å². The van der Waals surface area contributed by atoms with Crippen LogP contribution in [0.2, 0.25) is 0 Å². The van der Waals surface area contributed by atoms with E-state index in [4.69, 9.17) is 10.9 Å². The van der Waals surface area contributed by atoms with Crippen molar-refractivity contribution >= 4 is 21.4 Å². The molecule has 1 aromatic carbocycles. The highest BCUT2D eigenvalue weighted by molar-refractivity contribution is 7.89. The Morgan fingerprint density at radius 2 is 2.00 bits per heavy atom. The van der Waals surface area contributed by atoms with Crippen LogP contribution in [0.1, 0.15) is 0 Å². The van der Waals surface area contributed by atoms with Crippen LogP contribution in [0.4, 0.5) is 11.4 Å². The second-order valence-corrected chi connectivity index (χ2v) is 5.52. The minimum Gasteiger partial charge on any atom is -0.396 e. The second kappa shape index (κ2) is 5.35. The van der Waals surface area contributed by atoms with Crippen LogP contribution in [0.25, 0.3) is 0 Å². The highest BCUT2D eigenvalue weighted by Crippen LogP contribution is 2.25. The van der Waals surface area contributed by atoms with Gasteiger partial charge in [0.15, 0.2) is 0 Å². The molecular weight excluding hydrogens is 240 g/mol. The number of hydrogen-bond donors (Lipinski definition) is 3. The van der Waals surface area contributed by atoms with Crippen LogP contribution >= 0.6 is 0 Å². The van der Waals surface area contributed by atoms with Crippen LogP contribution in [0.3, 0.4) is 0 Å². The molecule has 0 aliphatic carbocycles. The Bertz CT molecular complexity index is 485. The summed E-state index contributed by atoms with van der Waals surface area (Å²) in [5, 5.41) is 8.13. The molecule has 0 saturated heterocycles. The van der Waals surface area contributed by atoms with E-state index >= 15 is 0 Å². The van der Waals surface area contributed by atoms with Gasteiger partial charge in [0.2, 0.25) is 10.0 Å². The number of benzene rings is 1. The van der Waals surface area contributed by atoms with Crippen molar-refractivity contribution in [3.8, 4) is 0 Å². The number of nitrogens with zero attached hydrogens (tertiary/aromatic N) is 1. The van der Waals surface area contributed by atoms with E-state index in [0.717, 1.165) is 6.54 Å². The highest BCUT2D eigenvalue weighted by Gasteiger charge is 2.14. The van der Waals surface area contributed by atoms with Gasteiger partial charge in [-0.3, -0.25) is 0 Å². The molecule has 1 rings (SSSR count). The van der Waals surface area contributed by atoms with Gasteiger partial charge in [0.05, 0.1) is 11.4 Å². The summed E-state index contributed by atoms with van der Waals surface area (Å²) in [6.45, 7) is 1.49. The SMILES string of the molecule is CN(C)CCNc1cccc(S(N)(=O)=O)c1N. The molecule has 6 nitrogen and oxygen atoms in total. The Morgan fingerprint density at radius 3 is 2.53 bits per heavy atom. The number of sulfonamides is 1. The molecule has 0 atom stereocenters. The topological polar surface area (TPSA) is 101 Å². The summed E-state index contributed by atoms with van der Waals surface area (Å²) in [5.41, 5.74) is 6.49. The summed E-state index contributed by atoms with van der Waals surface area (Å²) in [5.74, 6) is 0. The molecule has 17 heavy (non-hydrogen) atoms. The summed E-state index contributed by atoms with van der Waals surface area (Å²) < 4.78 is 22.5. The molecule has 0 spiro atoms. The summed E-state index contributed by atoms with van der Waals surface area (Å²) in [7, 11) is 0.128. The van der Waals surface area contributed by atoms with Crippen LogP contribution < -0.4 is 16.2 Å². The minimum atomic E-state index is -3.77. The Balaban J connectivity index is 2.88. The molecule has 7 heteroatoms. The number of likely N-dealkylation sites (N-methyl/N-ethyl adjacent to an activating group) is 1. The molecule has 0 radical (unpaired) electrons. The van der Waals surface area contributed by atoms with E-state index < -0.39 is 10.0 Å². The molecule has 0 bridgehead atoms. The lowest BCUT2D eigenvalue weighted by Gasteiger charge is -2.14. The standard InChI is InChI=1S/C10H18N4O2S/c1-14(2)7-6-13-8-4-3-5-9(10(8)11)17(12,15)16/h3-5,13H,6-7,11H2,1-2H3,(H2,12,15,16). The molecule has 0 fully saturated rings. The molecular formula is C10H18N4O2S. The molecule has 0 aliphatic heterocycles. The van der Waals surface area contributed by atoms with Crippen molar-refractivity contribution in [1.29, 1.82) is 0 Å². The van der Waals surface area contributed by atoms with Gasteiger partial charge in [0.1, 0.15) is 4.90 Å². The molecule has 96 valence electrons. The van der Waals surface area contributed by atoms with Gasteiger partial charge in [-0.15, -0.1) is 0 Å². The van der Waals surface area contributed by atoms with Gasteiger partial charge in [-0.25, -0.2) is 13.6 Å². The van der Waals surface area contributed by atoms with Crippen molar-refractivity contribution in [2.45, 2.75) is 4.90 Å². The Labute approximate surface area is 102 Å². The molecule has 0 amide bonds. The zero-order chi connectivity index (χ0) is 13.1. The molecule has 5 N–H and O–H groups in total. The van der Waals surface area contributed by atoms with E-state index in [1.165, 1.54) is 6.07 Å². The first-order valence-corrected chi connectivity index (χ1v) is 6.67. The van der Waals surface area contributed by atoms with Crippen LogP contribution in [-0.2, 0) is 10.0 Å². The number of para-hydroxylation sites is 1. The first-order chi connectivity index (χ1) is 7.82. The maximum Gasteiger partial charge on any atom is 0.240 e. The van der Waals surface area contributed by atoms with Gasteiger partial charge in [-0.1, -0.05) is 6.07 Å². The van der Waals surface area contributed by atoms with Crippen molar-refractivity contribution < 1.29 is 8.42 Å². The monoisotopic (exact) mass is 258 g/mol. The van der Waals surface area contributed by atoms with Crippen molar-refractivity contribution in [2.24, 2.45) is 5.14 Å². The molecule has 0 heterocycles. The van der Waals surface area contributed by atoms with Crippen molar-refractivity contribution in [2.75, 3.05) is 38.2 Å². The first kappa shape index (κ1) is 13.8. The lowest BCUT2D eigenvalue weighted by molar-refractivity contribution is 0.425. The molecule has 0 aliphatic rings. The van der Waals surface area contributed by atoms with Crippen LogP contribution in [-0.4, -0.2) is 40.5 Å². The van der Waals surface area contributed by atoms with E-state index in [9.17, 15) is 8.42 Å². The smallest absolute Gasteiger partial charge is 0.240 e. The summed E-state index contributed by atoms with van der Waals surface area (Å²) in [6, 6.07) is 4.72. The zero-order valence-electron chi connectivity index (χ0n) is 9.97. The van der Waals surface area contributed by atoms with Gasteiger partial charge < -0.3 is 16.0 Å². The average molecular weight is 258 g/mol. The predicted molar refractivity (Wildman–Crippen MR) is 69.3 cm³/mol. The van der Waals surface area contributed by atoms with Gasteiger partial charge >= 0.3 is 0 Å². The molecule has 0 aromatic heterocycles. The van der Waals surface area contributed by atoms with E-state index in [0.29, 0.717) is 12.2 Å². The molecule has 0 saturated carbocycles. The number of hydrogen-bond acceptors (Lipinski definition) is 5. The Kier molecular flexibility index (Phi) is 4.33. The number of primary sulfonamides is 1. The summed E-state index contributed by atoms with van der Waals surface area (Å²) in [4.78, 5) is 1.96. The lowest BCUT2D eigenvalue weighted by atomic mass is 10.2. The fraction of sp³-hybridized carbons (Fsp3) is 0.400. The summed E-state index contributed by atoms with van der Waals surface area (Å²) >= 11 is 0. The van der Waals surface area contributed by atoms with E-state index in [1.54, 1.807) is 12.1 Å². The second-order valence-electron chi connectivity index (χ2n) is 3.99. The number of rotatable bonds is 5. The maximum absolute atomic E-state index is 11.2. The normalized spacial score (nSPS) is 11.8. The van der Waals surface area contributed by atoms with E-state index in [-0.39, 0.29) is 10.6 Å². The van der Waals surface area contributed by atoms with Crippen LogP contribution in [0.5, 0.6) is 0 Å². The molecule has 1 aromatic rings. The largest absolute Gasteiger partial charge is 0.396 e. The predicted octanol–water partition coefficient (Wildman–Crippen LogP) is -0.110. The van der Waals surface area contributed by atoms with E-state index in [2.05, 4.69) is 5.32 Å². The Hall–Kier alpha value is -1.31. The van der Waals surface area contributed by atoms with Crippen LogP contribution in [0.15, 0.2) is 23.1 Å². The number of nitrogen functional groups attached to an aromatic ring is 1. The molecule has 0 unspecified atom stereocenters. The number of nitrogens with two attached hydrogens (primary N) is 2. The van der Waals surface area contributed by atoms with Crippen molar-refractivity contribution in [3.05, 3.63) is 18.2 Å². The highest BCUT2D eigenvalue weighted by atomic mass is 32.2. The minimum absolute atomic E-state index is 0.0487. The van der Waals surface area contributed by atoms with Crippen molar-refractivity contribution in [1.82, 2.24) is 4.90 Å². The first-order valence-electron chi connectivity index (χ1n) is 5.12. The van der Waals surface area contributed by atoms with Gasteiger partial charge in [0, 0.05) is 13.1 Å². The van der Waals surface area contributed by atoms with Gasteiger partial charge in [0.25, 0.3) is 0 Å². The third-order valence-electron chi connectivity index (χ3n) is 2.25.